The predicted molar refractivity (Wildman–Crippen MR) is 81.6 cm³/mol. The average molecular weight is 275 g/mol. The highest BCUT2D eigenvalue weighted by molar-refractivity contribution is 7.17. The van der Waals surface area contributed by atoms with Gasteiger partial charge in [0.15, 0.2) is 0 Å². The van der Waals surface area contributed by atoms with E-state index in [9.17, 15) is 5.11 Å². The number of hydrogen-bond acceptors (Lipinski definition) is 3. The van der Waals surface area contributed by atoms with Gasteiger partial charge in [-0.05, 0) is 42.3 Å². The van der Waals surface area contributed by atoms with Crippen molar-refractivity contribution in [2.24, 2.45) is 0 Å². The Hall–Kier alpha value is -0.900. The van der Waals surface area contributed by atoms with E-state index in [1.54, 1.807) is 0 Å². The highest BCUT2D eigenvalue weighted by atomic mass is 32.1. The number of likely N-dealkylation sites (N-methyl/N-ethyl adjacent to an activating group) is 1. The lowest BCUT2D eigenvalue weighted by atomic mass is 9.91. The van der Waals surface area contributed by atoms with Crippen LogP contribution in [-0.2, 0) is 6.54 Å². The second kappa shape index (κ2) is 5.61. The van der Waals surface area contributed by atoms with Crippen LogP contribution in [0, 0.1) is 0 Å². The maximum absolute atomic E-state index is 10.1. The van der Waals surface area contributed by atoms with Crippen LogP contribution in [0.2, 0.25) is 0 Å². The van der Waals surface area contributed by atoms with Crippen LogP contribution in [0.5, 0.6) is 0 Å². The van der Waals surface area contributed by atoms with E-state index in [1.165, 1.54) is 28.5 Å². The number of aliphatic hydroxyl groups is 1. The van der Waals surface area contributed by atoms with Crippen molar-refractivity contribution in [3.8, 4) is 0 Å². The SMILES string of the molecule is CN(Cc1csc2ccccc12)C1CCCCC1O. The molecule has 1 N–H and O–H groups in total. The summed E-state index contributed by atoms with van der Waals surface area (Å²) >= 11 is 1.81. The zero-order valence-corrected chi connectivity index (χ0v) is 12.2. The van der Waals surface area contributed by atoms with E-state index >= 15 is 0 Å². The summed E-state index contributed by atoms with van der Waals surface area (Å²) in [6.45, 7) is 0.936. The zero-order valence-electron chi connectivity index (χ0n) is 11.4. The molecule has 19 heavy (non-hydrogen) atoms. The molecule has 1 aliphatic carbocycles. The molecule has 3 rings (SSSR count). The smallest absolute Gasteiger partial charge is 0.0695 e. The highest BCUT2D eigenvalue weighted by Crippen LogP contribution is 2.29. The first-order chi connectivity index (χ1) is 9.25. The first-order valence-corrected chi connectivity index (χ1v) is 7.97. The minimum absolute atomic E-state index is 0.149. The minimum Gasteiger partial charge on any atom is -0.391 e. The maximum atomic E-state index is 10.1. The standard InChI is InChI=1S/C16H21NOS/c1-17(14-7-3-4-8-15(14)18)10-12-11-19-16-9-5-2-6-13(12)16/h2,5-6,9,11,14-15,18H,3-4,7-8,10H2,1H3. The Bertz CT molecular complexity index is 550. The number of hydrogen-bond donors (Lipinski definition) is 1. The van der Waals surface area contributed by atoms with Crippen LogP contribution in [-0.4, -0.2) is 29.2 Å². The molecule has 102 valence electrons. The summed E-state index contributed by atoms with van der Waals surface area (Å²) in [4.78, 5) is 2.33. The van der Waals surface area contributed by atoms with E-state index in [0.717, 1.165) is 19.4 Å². The molecule has 0 saturated heterocycles. The lowest BCUT2D eigenvalue weighted by Gasteiger charge is -2.35. The summed E-state index contributed by atoms with van der Waals surface area (Å²) in [5, 5.41) is 13.8. The molecule has 0 aliphatic heterocycles. The number of fused-ring (bicyclic) bond motifs is 1. The van der Waals surface area contributed by atoms with E-state index in [1.807, 2.05) is 11.3 Å². The predicted octanol–water partition coefficient (Wildman–Crippen LogP) is 3.64. The van der Waals surface area contributed by atoms with Gasteiger partial charge in [-0.25, -0.2) is 0 Å². The molecule has 0 spiro atoms. The fraction of sp³-hybridized carbons (Fsp3) is 0.500. The molecule has 1 aliphatic rings. The Morgan fingerprint density at radius 2 is 2.05 bits per heavy atom. The van der Waals surface area contributed by atoms with Crippen molar-refractivity contribution in [1.29, 1.82) is 0 Å². The lowest BCUT2D eigenvalue weighted by Crippen LogP contribution is -2.42. The Kier molecular flexibility index (Phi) is 3.87. The van der Waals surface area contributed by atoms with E-state index < -0.39 is 0 Å². The van der Waals surface area contributed by atoms with Gasteiger partial charge in [0, 0.05) is 17.3 Å². The molecule has 3 heteroatoms. The largest absolute Gasteiger partial charge is 0.391 e. The first-order valence-electron chi connectivity index (χ1n) is 7.09. The molecule has 2 nitrogen and oxygen atoms in total. The summed E-state index contributed by atoms with van der Waals surface area (Å²) in [6, 6.07) is 8.91. The highest BCUT2D eigenvalue weighted by Gasteiger charge is 2.26. The van der Waals surface area contributed by atoms with Gasteiger partial charge in [-0.2, -0.15) is 0 Å². The Balaban J connectivity index is 1.77. The molecule has 1 aromatic carbocycles. The first kappa shape index (κ1) is 13.1. The van der Waals surface area contributed by atoms with E-state index in [2.05, 4.69) is 41.6 Å². The van der Waals surface area contributed by atoms with Crippen LogP contribution < -0.4 is 0 Å². The third-order valence-electron chi connectivity index (χ3n) is 4.24. The Labute approximate surface area is 118 Å². The second-order valence-corrected chi connectivity index (χ2v) is 6.50. The van der Waals surface area contributed by atoms with Crippen molar-refractivity contribution in [2.75, 3.05) is 7.05 Å². The minimum atomic E-state index is -0.149. The fourth-order valence-corrected chi connectivity index (χ4v) is 4.10. The molecule has 1 heterocycles. The summed E-state index contributed by atoms with van der Waals surface area (Å²) < 4.78 is 1.36. The molecule has 2 aromatic rings. The second-order valence-electron chi connectivity index (χ2n) is 5.59. The summed E-state index contributed by atoms with van der Waals surface area (Å²) in [6.07, 6.45) is 4.35. The molecule has 1 aromatic heterocycles. The monoisotopic (exact) mass is 275 g/mol. The Morgan fingerprint density at radius 1 is 1.26 bits per heavy atom. The van der Waals surface area contributed by atoms with Crippen LogP contribution in [0.1, 0.15) is 31.2 Å². The molecule has 0 amide bonds. The van der Waals surface area contributed by atoms with Crippen molar-refractivity contribution in [2.45, 2.75) is 44.4 Å². The van der Waals surface area contributed by atoms with Gasteiger partial charge in [0.05, 0.1) is 6.10 Å². The summed E-state index contributed by atoms with van der Waals surface area (Å²) in [5.41, 5.74) is 1.39. The van der Waals surface area contributed by atoms with Crippen LogP contribution in [0.25, 0.3) is 10.1 Å². The molecule has 1 fully saturated rings. The van der Waals surface area contributed by atoms with E-state index in [0.29, 0.717) is 6.04 Å². The molecule has 2 unspecified atom stereocenters. The third kappa shape index (κ3) is 2.69. The number of rotatable bonds is 3. The number of benzene rings is 1. The zero-order chi connectivity index (χ0) is 13.2. The van der Waals surface area contributed by atoms with Gasteiger partial charge in [-0.1, -0.05) is 31.0 Å². The van der Waals surface area contributed by atoms with Gasteiger partial charge >= 0.3 is 0 Å². The fourth-order valence-electron chi connectivity index (χ4n) is 3.15. The lowest BCUT2D eigenvalue weighted by molar-refractivity contribution is 0.0290. The number of nitrogens with zero attached hydrogens (tertiary/aromatic N) is 1. The van der Waals surface area contributed by atoms with Crippen LogP contribution in [0.15, 0.2) is 29.6 Å². The van der Waals surface area contributed by atoms with Crippen molar-refractivity contribution in [1.82, 2.24) is 4.90 Å². The normalized spacial score (nSPS) is 24.2. The van der Waals surface area contributed by atoms with Gasteiger partial charge in [0.25, 0.3) is 0 Å². The molecular formula is C16H21NOS. The topological polar surface area (TPSA) is 23.5 Å². The quantitative estimate of drug-likeness (QED) is 0.924. The van der Waals surface area contributed by atoms with Crippen LogP contribution >= 0.6 is 11.3 Å². The molecule has 2 atom stereocenters. The van der Waals surface area contributed by atoms with Gasteiger partial charge in [0.1, 0.15) is 0 Å². The number of thiophene rings is 1. The average Bonchev–Trinajstić information content (AvgIpc) is 2.83. The molecule has 0 bridgehead atoms. The van der Waals surface area contributed by atoms with E-state index in [-0.39, 0.29) is 6.10 Å². The van der Waals surface area contributed by atoms with Crippen molar-refractivity contribution >= 4 is 21.4 Å². The van der Waals surface area contributed by atoms with Crippen LogP contribution in [0.3, 0.4) is 0 Å². The van der Waals surface area contributed by atoms with Crippen molar-refractivity contribution < 1.29 is 5.11 Å². The summed E-state index contributed by atoms with van der Waals surface area (Å²) in [7, 11) is 2.14. The molecule has 0 radical (unpaired) electrons. The van der Waals surface area contributed by atoms with Crippen molar-refractivity contribution in [3.05, 3.63) is 35.2 Å². The van der Waals surface area contributed by atoms with Gasteiger partial charge in [0.2, 0.25) is 0 Å². The number of aliphatic hydroxyl groups excluding tert-OH is 1. The third-order valence-corrected chi connectivity index (χ3v) is 5.25. The van der Waals surface area contributed by atoms with Crippen LogP contribution in [0.4, 0.5) is 0 Å². The Morgan fingerprint density at radius 3 is 2.89 bits per heavy atom. The van der Waals surface area contributed by atoms with Gasteiger partial charge in [-0.15, -0.1) is 11.3 Å². The molecular weight excluding hydrogens is 254 g/mol. The van der Waals surface area contributed by atoms with Gasteiger partial charge < -0.3 is 5.11 Å². The van der Waals surface area contributed by atoms with Crippen molar-refractivity contribution in [3.63, 3.8) is 0 Å². The summed E-state index contributed by atoms with van der Waals surface area (Å²) in [5.74, 6) is 0. The van der Waals surface area contributed by atoms with Gasteiger partial charge in [-0.3, -0.25) is 4.90 Å². The van der Waals surface area contributed by atoms with E-state index in [4.69, 9.17) is 0 Å². The molecule has 1 saturated carbocycles. The maximum Gasteiger partial charge on any atom is 0.0695 e.